The summed E-state index contributed by atoms with van der Waals surface area (Å²) in [6.45, 7) is 0. The van der Waals surface area contributed by atoms with Crippen molar-refractivity contribution in [2.24, 2.45) is 0 Å². The molecule has 9 heteroatoms. The number of alkyl halides is 3. The first-order valence-corrected chi connectivity index (χ1v) is 7.64. The predicted octanol–water partition coefficient (Wildman–Crippen LogP) is 3.87. The third-order valence-electron chi connectivity index (χ3n) is 2.68. The van der Waals surface area contributed by atoms with E-state index in [-0.39, 0.29) is 10.7 Å². The minimum Gasteiger partial charge on any atom is -0.507 e. The van der Waals surface area contributed by atoms with Crippen molar-refractivity contribution in [1.29, 1.82) is 0 Å². The van der Waals surface area contributed by atoms with Gasteiger partial charge in [0.2, 0.25) is 0 Å². The second-order valence-electron chi connectivity index (χ2n) is 4.29. The second kappa shape index (κ2) is 5.69. The van der Waals surface area contributed by atoms with E-state index in [4.69, 9.17) is 11.6 Å². The molecule has 2 aromatic carbocycles. The lowest BCUT2D eigenvalue weighted by Crippen LogP contribution is -2.13. The van der Waals surface area contributed by atoms with E-state index in [1.165, 1.54) is 6.07 Å². The van der Waals surface area contributed by atoms with E-state index in [1.54, 1.807) is 0 Å². The van der Waals surface area contributed by atoms with E-state index in [2.05, 4.69) is 4.72 Å². The zero-order valence-electron chi connectivity index (χ0n) is 10.7. The number of benzene rings is 2. The molecule has 0 aliphatic carbocycles. The van der Waals surface area contributed by atoms with Gasteiger partial charge in [-0.15, -0.1) is 0 Å². The summed E-state index contributed by atoms with van der Waals surface area (Å²) in [4.78, 5) is -0.472. The largest absolute Gasteiger partial charge is 0.507 e. The number of hydrogen-bond acceptors (Lipinski definition) is 3. The maximum Gasteiger partial charge on any atom is 0.416 e. The number of anilines is 1. The fourth-order valence-electron chi connectivity index (χ4n) is 1.64. The van der Waals surface area contributed by atoms with Crippen LogP contribution in [0, 0.1) is 0 Å². The van der Waals surface area contributed by atoms with E-state index in [9.17, 15) is 26.7 Å². The van der Waals surface area contributed by atoms with Gasteiger partial charge in [-0.2, -0.15) is 13.2 Å². The third kappa shape index (κ3) is 3.63. The summed E-state index contributed by atoms with van der Waals surface area (Å²) < 4.78 is 63.6. The van der Waals surface area contributed by atoms with Gasteiger partial charge < -0.3 is 5.11 Å². The monoisotopic (exact) mass is 351 g/mol. The smallest absolute Gasteiger partial charge is 0.416 e. The Balaban J connectivity index is 2.31. The Kier molecular flexibility index (Phi) is 4.25. The standard InChI is InChI=1S/C13H9ClF3NO3S/c14-9-3-6-11(19)12(7-9)22(20,21)18-10-4-1-8(2-5-10)13(15,16)17/h1-7,18-19H. The second-order valence-corrected chi connectivity index (χ2v) is 6.38. The maximum absolute atomic E-state index is 12.4. The van der Waals surface area contributed by atoms with Gasteiger partial charge in [-0.25, -0.2) is 8.42 Å². The number of phenolic OH excluding ortho intramolecular Hbond substituents is 1. The number of hydrogen-bond donors (Lipinski definition) is 2. The van der Waals surface area contributed by atoms with E-state index >= 15 is 0 Å². The Hall–Kier alpha value is -1.93. The fraction of sp³-hybridized carbons (Fsp3) is 0.0769. The van der Waals surface area contributed by atoms with Crippen molar-refractivity contribution < 1.29 is 26.7 Å². The van der Waals surface area contributed by atoms with Crippen molar-refractivity contribution in [2.75, 3.05) is 4.72 Å². The molecule has 0 unspecified atom stereocenters. The summed E-state index contributed by atoms with van der Waals surface area (Å²) in [5, 5.41) is 9.66. The summed E-state index contributed by atoms with van der Waals surface area (Å²) in [7, 11) is -4.18. The van der Waals surface area contributed by atoms with Crippen LogP contribution in [0.3, 0.4) is 0 Å². The van der Waals surface area contributed by atoms with Gasteiger partial charge >= 0.3 is 6.18 Å². The molecule has 4 nitrogen and oxygen atoms in total. The van der Waals surface area contributed by atoms with Crippen LogP contribution in [-0.2, 0) is 16.2 Å². The summed E-state index contributed by atoms with van der Waals surface area (Å²) in [5.41, 5.74) is -0.978. The van der Waals surface area contributed by atoms with E-state index in [0.29, 0.717) is 0 Å². The average molecular weight is 352 g/mol. The highest BCUT2D eigenvalue weighted by molar-refractivity contribution is 7.92. The summed E-state index contributed by atoms with van der Waals surface area (Å²) in [6, 6.07) is 6.87. The van der Waals surface area contributed by atoms with Crippen LogP contribution in [-0.4, -0.2) is 13.5 Å². The van der Waals surface area contributed by atoms with Crippen molar-refractivity contribution >= 4 is 27.3 Å². The van der Waals surface area contributed by atoms with Crippen LogP contribution >= 0.6 is 11.6 Å². The Labute approximate surface area is 129 Å². The molecular formula is C13H9ClF3NO3S. The molecule has 0 atom stereocenters. The lowest BCUT2D eigenvalue weighted by atomic mass is 10.2. The number of sulfonamides is 1. The molecule has 0 fully saturated rings. The molecule has 0 bridgehead atoms. The molecule has 2 rings (SSSR count). The van der Waals surface area contributed by atoms with E-state index < -0.39 is 32.4 Å². The predicted molar refractivity (Wildman–Crippen MR) is 75.4 cm³/mol. The van der Waals surface area contributed by atoms with Crippen LogP contribution in [0.2, 0.25) is 5.02 Å². The molecule has 0 aliphatic heterocycles. The number of rotatable bonds is 3. The SMILES string of the molecule is O=S(=O)(Nc1ccc(C(F)(F)F)cc1)c1cc(Cl)ccc1O. The lowest BCUT2D eigenvalue weighted by molar-refractivity contribution is -0.137. The van der Waals surface area contributed by atoms with Gasteiger partial charge in [-0.1, -0.05) is 11.6 Å². The highest BCUT2D eigenvalue weighted by Crippen LogP contribution is 2.31. The van der Waals surface area contributed by atoms with Gasteiger partial charge in [0.1, 0.15) is 10.6 Å². The van der Waals surface area contributed by atoms with Crippen LogP contribution in [0.4, 0.5) is 18.9 Å². The van der Waals surface area contributed by atoms with Crippen LogP contribution in [0.5, 0.6) is 5.75 Å². The normalized spacial score (nSPS) is 12.2. The zero-order chi connectivity index (χ0) is 16.5. The van der Waals surface area contributed by atoms with Crippen LogP contribution in [0.1, 0.15) is 5.56 Å². The highest BCUT2D eigenvalue weighted by atomic mass is 35.5. The quantitative estimate of drug-likeness (QED) is 0.882. The van der Waals surface area contributed by atoms with Gasteiger partial charge in [0.25, 0.3) is 10.0 Å². The molecule has 0 heterocycles. The Bertz CT molecular complexity index is 789. The minimum absolute atomic E-state index is 0.0765. The van der Waals surface area contributed by atoms with Crippen molar-refractivity contribution in [2.45, 2.75) is 11.1 Å². The third-order valence-corrected chi connectivity index (χ3v) is 4.32. The van der Waals surface area contributed by atoms with Crippen molar-refractivity contribution in [3.05, 3.63) is 53.1 Å². The zero-order valence-corrected chi connectivity index (χ0v) is 12.3. The van der Waals surface area contributed by atoms with E-state index in [0.717, 1.165) is 36.4 Å². The first-order valence-electron chi connectivity index (χ1n) is 5.78. The van der Waals surface area contributed by atoms with Gasteiger partial charge in [0.05, 0.1) is 5.56 Å². The van der Waals surface area contributed by atoms with Crippen LogP contribution in [0.15, 0.2) is 47.4 Å². The summed E-state index contributed by atoms with van der Waals surface area (Å²) in [5.74, 6) is -0.524. The average Bonchev–Trinajstić information content (AvgIpc) is 2.40. The molecule has 0 aliphatic rings. The Morgan fingerprint density at radius 3 is 2.18 bits per heavy atom. The molecule has 0 saturated heterocycles. The van der Waals surface area contributed by atoms with Crippen LogP contribution in [0.25, 0.3) is 0 Å². The molecule has 118 valence electrons. The van der Waals surface area contributed by atoms with Gasteiger partial charge in [0, 0.05) is 10.7 Å². The molecule has 2 N–H and O–H groups in total. The van der Waals surface area contributed by atoms with Gasteiger partial charge in [0.15, 0.2) is 0 Å². The molecule has 2 aromatic rings. The number of halogens is 4. The minimum atomic E-state index is -4.51. The molecule has 0 radical (unpaired) electrons. The van der Waals surface area contributed by atoms with Gasteiger partial charge in [-0.3, -0.25) is 4.72 Å². The first-order chi connectivity index (χ1) is 10.1. The van der Waals surface area contributed by atoms with Crippen molar-refractivity contribution in [3.63, 3.8) is 0 Å². The number of aromatic hydroxyl groups is 1. The number of nitrogens with one attached hydrogen (secondary N) is 1. The topological polar surface area (TPSA) is 66.4 Å². The molecular weight excluding hydrogens is 343 g/mol. The number of phenols is 1. The van der Waals surface area contributed by atoms with E-state index in [1.807, 2.05) is 0 Å². The molecule has 0 amide bonds. The molecule has 0 saturated carbocycles. The van der Waals surface area contributed by atoms with Crippen molar-refractivity contribution in [1.82, 2.24) is 0 Å². The summed E-state index contributed by atoms with van der Waals surface area (Å²) >= 11 is 5.67. The maximum atomic E-state index is 12.4. The Morgan fingerprint density at radius 1 is 1.05 bits per heavy atom. The van der Waals surface area contributed by atoms with Crippen molar-refractivity contribution in [3.8, 4) is 5.75 Å². The molecule has 22 heavy (non-hydrogen) atoms. The Morgan fingerprint density at radius 2 is 1.64 bits per heavy atom. The summed E-state index contributed by atoms with van der Waals surface area (Å²) in [6.07, 6.45) is -4.51. The lowest BCUT2D eigenvalue weighted by Gasteiger charge is -2.11. The highest BCUT2D eigenvalue weighted by Gasteiger charge is 2.30. The fourth-order valence-corrected chi connectivity index (χ4v) is 3.06. The van der Waals surface area contributed by atoms with Gasteiger partial charge in [-0.05, 0) is 42.5 Å². The molecule has 0 spiro atoms. The molecule has 0 aromatic heterocycles. The first kappa shape index (κ1) is 16.4. The van der Waals surface area contributed by atoms with Crippen LogP contribution < -0.4 is 4.72 Å².